The molecule has 0 radical (unpaired) electrons. The number of morpholine rings is 1. The number of anilines is 2. The Morgan fingerprint density at radius 2 is 2.03 bits per heavy atom. The summed E-state index contributed by atoms with van der Waals surface area (Å²) >= 11 is 1.83. The van der Waals surface area contributed by atoms with Crippen LogP contribution in [-0.2, 0) is 11.2 Å². The third kappa shape index (κ3) is 4.63. The van der Waals surface area contributed by atoms with E-state index in [2.05, 4.69) is 57.4 Å². The van der Waals surface area contributed by atoms with Gasteiger partial charge < -0.3 is 19.9 Å². The van der Waals surface area contributed by atoms with E-state index in [9.17, 15) is 4.79 Å². The molecule has 1 aliphatic carbocycles. The summed E-state index contributed by atoms with van der Waals surface area (Å²) in [5.41, 5.74) is 5.03. The van der Waals surface area contributed by atoms with E-state index in [1.807, 2.05) is 22.3 Å². The molecule has 6 rings (SSSR count). The second kappa shape index (κ2) is 10.0. The predicted molar refractivity (Wildman–Crippen MR) is 145 cm³/mol. The molecule has 1 saturated carbocycles. The summed E-state index contributed by atoms with van der Waals surface area (Å²) in [6.45, 7) is 5.56. The number of nitrogens with one attached hydrogen (secondary N) is 1. The molecule has 2 aromatic heterocycles. The molecule has 186 valence electrons. The molecule has 1 amide bonds. The maximum Gasteiger partial charge on any atom is 0.277 e. The molecule has 3 aromatic rings. The number of hydrogen-bond acceptors (Lipinski definition) is 7. The topological polar surface area (TPSA) is 70.6 Å². The maximum absolute atomic E-state index is 13.8. The number of thiophene rings is 1. The zero-order valence-electron chi connectivity index (χ0n) is 20.6. The number of aromatic nitrogens is 2. The number of para-hydroxylation sites is 1. The minimum absolute atomic E-state index is 0.0864. The Kier molecular flexibility index (Phi) is 6.46. The van der Waals surface area contributed by atoms with Crippen LogP contribution >= 0.6 is 11.3 Å². The van der Waals surface area contributed by atoms with Gasteiger partial charge in [-0.1, -0.05) is 31.2 Å². The lowest BCUT2D eigenvalue weighted by molar-refractivity contribution is 0.0982. The molecule has 3 aliphatic rings. The minimum atomic E-state index is -0.0864. The highest BCUT2D eigenvalue weighted by atomic mass is 32.1. The van der Waals surface area contributed by atoms with E-state index in [-0.39, 0.29) is 5.91 Å². The molecule has 1 aromatic carbocycles. The van der Waals surface area contributed by atoms with Crippen molar-refractivity contribution < 1.29 is 9.53 Å². The third-order valence-corrected chi connectivity index (χ3v) is 8.11. The first-order valence-corrected chi connectivity index (χ1v) is 13.7. The lowest BCUT2D eigenvalue weighted by atomic mass is 10.1. The van der Waals surface area contributed by atoms with Crippen LogP contribution in [0.25, 0.3) is 16.1 Å². The van der Waals surface area contributed by atoms with Crippen LogP contribution in [0.4, 0.5) is 11.6 Å². The lowest BCUT2D eigenvalue weighted by Gasteiger charge is -2.27. The monoisotopic (exact) mass is 501 g/mol. The van der Waals surface area contributed by atoms with Crippen molar-refractivity contribution in [3.63, 3.8) is 0 Å². The number of carbonyl (C=O) groups is 1. The summed E-state index contributed by atoms with van der Waals surface area (Å²) in [6.07, 6.45) is 8.29. The number of ether oxygens (including phenoxy) is 1. The Morgan fingerprint density at radius 3 is 2.83 bits per heavy atom. The van der Waals surface area contributed by atoms with Crippen molar-refractivity contribution >= 4 is 34.6 Å². The number of amides is 1. The smallest absolute Gasteiger partial charge is 0.277 e. The van der Waals surface area contributed by atoms with Crippen LogP contribution in [0.3, 0.4) is 0 Å². The highest BCUT2D eigenvalue weighted by Crippen LogP contribution is 2.43. The molecule has 0 spiro atoms. The van der Waals surface area contributed by atoms with E-state index in [4.69, 9.17) is 4.74 Å². The van der Waals surface area contributed by atoms with Crippen molar-refractivity contribution in [1.82, 2.24) is 15.3 Å². The Morgan fingerprint density at radius 1 is 1.19 bits per heavy atom. The Bertz CT molecular complexity index is 1290. The van der Waals surface area contributed by atoms with E-state index in [1.54, 1.807) is 12.3 Å². The molecule has 0 bridgehead atoms. The first-order chi connectivity index (χ1) is 17.7. The van der Waals surface area contributed by atoms with Gasteiger partial charge in [0.25, 0.3) is 5.91 Å². The number of nitrogens with zero attached hydrogens (tertiary/aromatic N) is 4. The number of benzene rings is 1. The summed E-state index contributed by atoms with van der Waals surface area (Å²) in [7, 11) is 0. The standard InChI is InChI=1S/C28H31N5O2S/c1-2-5-22(30-20-8-9-20)25-18-19-11-13-33(24-7-4-3-6-21(24)26(19)36-25)27(34)23-10-12-29-28(31-23)32-14-16-35-17-15-32/h3-7,10,12,18,20,30H,2,8-9,11,13-17H2,1H3/b22-5+. The molecular formula is C28H31N5O2S. The zero-order chi connectivity index (χ0) is 24.5. The number of allylic oxidation sites excluding steroid dienone is 1. The summed E-state index contributed by atoms with van der Waals surface area (Å²) in [5, 5.41) is 3.72. The summed E-state index contributed by atoms with van der Waals surface area (Å²) in [5.74, 6) is 0.506. The van der Waals surface area contributed by atoms with Crippen molar-refractivity contribution in [3.8, 4) is 10.4 Å². The van der Waals surface area contributed by atoms with E-state index in [0.717, 1.165) is 37.2 Å². The Labute approximate surface area is 215 Å². The van der Waals surface area contributed by atoms with Crippen LogP contribution in [0.15, 0.2) is 48.7 Å². The van der Waals surface area contributed by atoms with Gasteiger partial charge in [0, 0.05) is 48.0 Å². The second-order valence-electron chi connectivity index (χ2n) is 9.47. The summed E-state index contributed by atoms with van der Waals surface area (Å²) in [6, 6.07) is 12.9. The minimum Gasteiger partial charge on any atom is -0.381 e. The molecule has 8 heteroatoms. The molecule has 0 unspecified atom stereocenters. The molecule has 1 saturated heterocycles. The van der Waals surface area contributed by atoms with Gasteiger partial charge >= 0.3 is 0 Å². The van der Waals surface area contributed by atoms with Gasteiger partial charge in [0.1, 0.15) is 5.69 Å². The van der Waals surface area contributed by atoms with Crippen molar-refractivity contribution in [2.75, 3.05) is 42.6 Å². The zero-order valence-corrected chi connectivity index (χ0v) is 21.4. The number of rotatable bonds is 6. The van der Waals surface area contributed by atoms with Crippen molar-refractivity contribution in [1.29, 1.82) is 0 Å². The highest BCUT2D eigenvalue weighted by molar-refractivity contribution is 7.16. The van der Waals surface area contributed by atoms with Gasteiger partial charge in [-0.2, -0.15) is 0 Å². The first kappa shape index (κ1) is 23.2. The van der Waals surface area contributed by atoms with Gasteiger partial charge in [-0.15, -0.1) is 11.3 Å². The SMILES string of the molecule is CC/C=C(/NC1CC1)c1cc2c(s1)-c1ccccc1N(C(=O)c1ccnc(N3CCOCC3)n1)CC2. The van der Waals surface area contributed by atoms with Crippen LogP contribution < -0.4 is 15.1 Å². The van der Waals surface area contributed by atoms with Gasteiger partial charge in [-0.05, 0) is 49.4 Å². The average Bonchev–Trinajstić information content (AvgIpc) is 3.68. The van der Waals surface area contributed by atoms with Gasteiger partial charge in [-0.25, -0.2) is 9.97 Å². The van der Waals surface area contributed by atoms with Gasteiger partial charge in [0.15, 0.2) is 0 Å². The fraction of sp³-hybridized carbons (Fsp3) is 0.393. The predicted octanol–water partition coefficient (Wildman–Crippen LogP) is 4.75. The Balaban J connectivity index is 1.32. The van der Waals surface area contributed by atoms with Crippen LogP contribution in [0.5, 0.6) is 0 Å². The van der Waals surface area contributed by atoms with Gasteiger partial charge in [-0.3, -0.25) is 4.79 Å². The average molecular weight is 502 g/mol. The van der Waals surface area contributed by atoms with Crippen LogP contribution in [0.1, 0.15) is 47.1 Å². The largest absolute Gasteiger partial charge is 0.381 e. The molecule has 2 aliphatic heterocycles. The molecule has 7 nitrogen and oxygen atoms in total. The van der Waals surface area contributed by atoms with Crippen molar-refractivity contribution in [3.05, 3.63) is 64.8 Å². The van der Waals surface area contributed by atoms with E-state index < -0.39 is 0 Å². The van der Waals surface area contributed by atoms with Gasteiger partial charge in [0.2, 0.25) is 5.95 Å². The Hall–Kier alpha value is -3.23. The molecule has 0 atom stereocenters. The second-order valence-corrected chi connectivity index (χ2v) is 10.5. The number of fused-ring (bicyclic) bond motifs is 3. The van der Waals surface area contributed by atoms with Gasteiger partial charge in [0.05, 0.1) is 23.8 Å². The first-order valence-electron chi connectivity index (χ1n) is 12.9. The maximum atomic E-state index is 13.8. The molecular weight excluding hydrogens is 470 g/mol. The van der Waals surface area contributed by atoms with Crippen LogP contribution in [0.2, 0.25) is 0 Å². The molecule has 2 fully saturated rings. The van der Waals surface area contributed by atoms with Crippen molar-refractivity contribution in [2.45, 2.75) is 38.6 Å². The summed E-state index contributed by atoms with van der Waals surface area (Å²) in [4.78, 5) is 29.4. The number of carbonyl (C=O) groups excluding carboxylic acids is 1. The quantitative estimate of drug-likeness (QED) is 0.526. The molecule has 4 heterocycles. The molecule has 1 N–H and O–H groups in total. The lowest BCUT2D eigenvalue weighted by Crippen LogP contribution is -2.38. The van der Waals surface area contributed by atoms with Crippen LogP contribution in [0, 0.1) is 0 Å². The van der Waals surface area contributed by atoms with E-state index >= 15 is 0 Å². The molecule has 36 heavy (non-hydrogen) atoms. The number of hydrogen-bond donors (Lipinski definition) is 1. The fourth-order valence-corrected chi connectivity index (χ4v) is 6.09. The summed E-state index contributed by atoms with van der Waals surface area (Å²) < 4.78 is 5.45. The van der Waals surface area contributed by atoms with Crippen molar-refractivity contribution in [2.24, 2.45) is 0 Å². The van der Waals surface area contributed by atoms with E-state index in [1.165, 1.54) is 33.9 Å². The highest BCUT2D eigenvalue weighted by Gasteiger charge is 2.29. The van der Waals surface area contributed by atoms with Crippen LogP contribution in [-0.4, -0.2) is 54.8 Å². The third-order valence-electron chi connectivity index (χ3n) is 6.86. The normalized spacial score (nSPS) is 17.9. The van der Waals surface area contributed by atoms with E-state index in [0.29, 0.717) is 37.4 Å². The fourth-order valence-electron chi connectivity index (χ4n) is 4.84.